The first-order valence-electron chi connectivity index (χ1n) is 5.34. The highest BCUT2D eigenvalue weighted by Gasteiger charge is 2.27. The molecule has 0 fully saturated rings. The summed E-state index contributed by atoms with van der Waals surface area (Å²) in [5.74, 6) is -0.856. The second-order valence-electron chi connectivity index (χ2n) is 4.74. The van der Waals surface area contributed by atoms with E-state index in [4.69, 9.17) is 5.11 Å². The van der Waals surface area contributed by atoms with Crippen LogP contribution in [0.4, 0.5) is 5.69 Å². The van der Waals surface area contributed by atoms with Gasteiger partial charge in [-0.2, -0.15) is 0 Å². The van der Waals surface area contributed by atoms with Gasteiger partial charge in [-0.25, -0.2) is 4.79 Å². The molecule has 0 aliphatic heterocycles. The van der Waals surface area contributed by atoms with E-state index < -0.39 is 11.5 Å². The molecule has 0 aliphatic rings. The Morgan fingerprint density at radius 1 is 1.19 bits per heavy atom. The van der Waals surface area contributed by atoms with Crippen LogP contribution in [0.2, 0.25) is 0 Å². The lowest BCUT2D eigenvalue weighted by molar-refractivity contribution is -0.141. The number of aryl methyl sites for hydroxylation is 1. The van der Waals surface area contributed by atoms with Crippen LogP contribution in [-0.2, 0) is 4.79 Å². The molecule has 3 nitrogen and oxygen atoms in total. The molecule has 0 unspecified atom stereocenters. The molecule has 0 saturated heterocycles. The normalized spacial score (nSPS) is 11.3. The molecule has 2 N–H and O–H groups in total. The molecular formula is C13H19NO2. The molecule has 0 saturated carbocycles. The van der Waals surface area contributed by atoms with Gasteiger partial charge >= 0.3 is 5.97 Å². The van der Waals surface area contributed by atoms with Crippen LogP contribution in [0.1, 0.15) is 30.5 Å². The summed E-state index contributed by atoms with van der Waals surface area (Å²) < 4.78 is 0. The minimum atomic E-state index is -0.952. The molecule has 0 bridgehead atoms. The quantitative estimate of drug-likeness (QED) is 0.825. The fraction of sp³-hybridized carbons (Fsp3) is 0.462. The maximum Gasteiger partial charge on any atom is 0.328 e. The molecule has 0 spiro atoms. The SMILES string of the molecule is Cc1ccc(NC(C)(C)C(=O)O)c(C)c1C. The third kappa shape index (κ3) is 2.35. The molecule has 1 aromatic carbocycles. The van der Waals surface area contributed by atoms with E-state index in [0.29, 0.717) is 0 Å². The van der Waals surface area contributed by atoms with Gasteiger partial charge in [-0.1, -0.05) is 6.07 Å². The third-order valence-electron chi connectivity index (χ3n) is 3.04. The zero-order chi connectivity index (χ0) is 12.5. The van der Waals surface area contributed by atoms with Crippen LogP contribution in [0, 0.1) is 20.8 Å². The highest BCUT2D eigenvalue weighted by molar-refractivity contribution is 5.82. The van der Waals surface area contributed by atoms with Crippen LogP contribution < -0.4 is 5.32 Å². The highest BCUT2D eigenvalue weighted by atomic mass is 16.4. The molecule has 0 aliphatic carbocycles. The molecule has 1 aromatic rings. The third-order valence-corrected chi connectivity index (χ3v) is 3.04. The zero-order valence-electron chi connectivity index (χ0n) is 10.5. The Morgan fingerprint density at radius 2 is 1.75 bits per heavy atom. The smallest absolute Gasteiger partial charge is 0.328 e. The van der Waals surface area contributed by atoms with Crippen molar-refractivity contribution >= 4 is 11.7 Å². The lowest BCUT2D eigenvalue weighted by Crippen LogP contribution is -2.40. The number of rotatable bonds is 3. The number of carboxylic acids is 1. The summed E-state index contributed by atoms with van der Waals surface area (Å²) in [6.45, 7) is 9.41. The van der Waals surface area contributed by atoms with Crippen molar-refractivity contribution in [2.45, 2.75) is 40.2 Å². The van der Waals surface area contributed by atoms with Gasteiger partial charge in [-0.3, -0.25) is 0 Å². The van der Waals surface area contributed by atoms with Crippen molar-refractivity contribution in [2.75, 3.05) is 5.32 Å². The number of anilines is 1. The summed E-state index contributed by atoms with van der Waals surface area (Å²) in [5.41, 5.74) is 3.46. The number of carboxylic acid groups (broad SMARTS) is 1. The van der Waals surface area contributed by atoms with E-state index in [-0.39, 0.29) is 0 Å². The maximum absolute atomic E-state index is 11.0. The first-order chi connectivity index (χ1) is 7.25. The van der Waals surface area contributed by atoms with Crippen molar-refractivity contribution in [2.24, 2.45) is 0 Å². The molecular weight excluding hydrogens is 202 g/mol. The number of carbonyl (C=O) groups is 1. The Balaban J connectivity index is 3.08. The van der Waals surface area contributed by atoms with Gasteiger partial charge < -0.3 is 10.4 Å². The van der Waals surface area contributed by atoms with Gasteiger partial charge in [-0.15, -0.1) is 0 Å². The second kappa shape index (κ2) is 4.16. The summed E-state index contributed by atoms with van der Waals surface area (Å²) in [5, 5.41) is 12.1. The molecule has 0 heterocycles. The predicted octanol–water partition coefficient (Wildman–Crippen LogP) is 2.89. The number of benzene rings is 1. The Kier molecular flexibility index (Phi) is 3.27. The first-order valence-corrected chi connectivity index (χ1v) is 5.34. The van der Waals surface area contributed by atoms with Crippen molar-refractivity contribution < 1.29 is 9.90 Å². The molecule has 1 rings (SSSR count). The van der Waals surface area contributed by atoms with Crippen LogP contribution in [0.5, 0.6) is 0 Å². The average molecular weight is 221 g/mol. The van der Waals surface area contributed by atoms with E-state index in [1.807, 2.05) is 26.0 Å². The van der Waals surface area contributed by atoms with Gasteiger partial charge in [0.1, 0.15) is 5.54 Å². The van der Waals surface area contributed by atoms with Crippen LogP contribution in [0.3, 0.4) is 0 Å². The van der Waals surface area contributed by atoms with Gasteiger partial charge in [0.25, 0.3) is 0 Å². The number of nitrogens with one attached hydrogen (secondary N) is 1. The van der Waals surface area contributed by atoms with E-state index in [1.54, 1.807) is 13.8 Å². The Hall–Kier alpha value is -1.51. The first kappa shape index (κ1) is 12.6. The van der Waals surface area contributed by atoms with E-state index in [1.165, 1.54) is 11.1 Å². The lowest BCUT2D eigenvalue weighted by atomic mass is 9.99. The Labute approximate surface area is 96.5 Å². The van der Waals surface area contributed by atoms with Crippen molar-refractivity contribution in [3.63, 3.8) is 0 Å². The summed E-state index contributed by atoms with van der Waals surface area (Å²) >= 11 is 0. The monoisotopic (exact) mass is 221 g/mol. The summed E-state index contributed by atoms with van der Waals surface area (Å²) in [6, 6.07) is 3.94. The number of aliphatic carboxylic acids is 1. The van der Waals surface area contributed by atoms with Gasteiger partial charge in [0.05, 0.1) is 0 Å². The summed E-state index contributed by atoms with van der Waals surface area (Å²) in [6.07, 6.45) is 0. The Morgan fingerprint density at radius 3 is 2.25 bits per heavy atom. The topological polar surface area (TPSA) is 49.3 Å². The van der Waals surface area contributed by atoms with E-state index in [0.717, 1.165) is 11.3 Å². The van der Waals surface area contributed by atoms with Crippen molar-refractivity contribution in [3.05, 3.63) is 28.8 Å². The fourth-order valence-electron chi connectivity index (χ4n) is 1.48. The van der Waals surface area contributed by atoms with Crippen molar-refractivity contribution in [3.8, 4) is 0 Å². The van der Waals surface area contributed by atoms with Crippen LogP contribution >= 0.6 is 0 Å². The van der Waals surface area contributed by atoms with Crippen molar-refractivity contribution in [1.82, 2.24) is 0 Å². The molecule has 88 valence electrons. The minimum Gasteiger partial charge on any atom is -0.480 e. The largest absolute Gasteiger partial charge is 0.480 e. The highest BCUT2D eigenvalue weighted by Crippen LogP contribution is 2.24. The van der Waals surface area contributed by atoms with Gasteiger partial charge in [0, 0.05) is 5.69 Å². The molecule has 0 aromatic heterocycles. The van der Waals surface area contributed by atoms with Crippen LogP contribution in [0.25, 0.3) is 0 Å². The molecule has 16 heavy (non-hydrogen) atoms. The molecule has 0 radical (unpaired) electrons. The van der Waals surface area contributed by atoms with E-state index >= 15 is 0 Å². The van der Waals surface area contributed by atoms with Crippen LogP contribution in [0.15, 0.2) is 12.1 Å². The van der Waals surface area contributed by atoms with E-state index in [9.17, 15) is 4.79 Å². The molecule has 3 heteroatoms. The van der Waals surface area contributed by atoms with Gasteiger partial charge in [-0.05, 0) is 57.4 Å². The fourth-order valence-corrected chi connectivity index (χ4v) is 1.48. The standard InChI is InChI=1S/C13H19NO2/c1-8-6-7-11(10(3)9(8)2)14-13(4,5)12(15)16/h6-7,14H,1-5H3,(H,15,16). The number of hydrogen-bond donors (Lipinski definition) is 2. The Bertz CT molecular complexity index is 422. The lowest BCUT2D eigenvalue weighted by Gasteiger charge is -2.24. The van der Waals surface area contributed by atoms with Gasteiger partial charge in [0.2, 0.25) is 0 Å². The summed E-state index contributed by atoms with van der Waals surface area (Å²) in [7, 11) is 0. The van der Waals surface area contributed by atoms with E-state index in [2.05, 4.69) is 12.2 Å². The van der Waals surface area contributed by atoms with Crippen molar-refractivity contribution in [1.29, 1.82) is 0 Å². The molecule has 0 atom stereocenters. The molecule has 0 amide bonds. The zero-order valence-corrected chi connectivity index (χ0v) is 10.5. The summed E-state index contributed by atoms with van der Waals surface area (Å²) in [4.78, 5) is 11.0. The number of hydrogen-bond acceptors (Lipinski definition) is 2. The predicted molar refractivity (Wildman–Crippen MR) is 66.0 cm³/mol. The maximum atomic E-state index is 11.0. The minimum absolute atomic E-state index is 0.856. The van der Waals surface area contributed by atoms with Gasteiger partial charge in [0.15, 0.2) is 0 Å². The van der Waals surface area contributed by atoms with Crippen LogP contribution in [-0.4, -0.2) is 16.6 Å². The average Bonchev–Trinajstić information content (AvgIpc) is 2.19. The second-order valence-corrected chi connectivity index (χ2v) is 4.74.